The Kier molecular flexibility index (Phi) is 65.2. The number of ether oxygens (including phenoxy) is 6. The molecular formula is C90H169NO18. The van der Waals surface area contributed by atoms with Crippen LogP contribution >= 0.6 is 0 Å². The quantitative estimate of drug-likeness (QED) is 0.0199. The molecule has 19 nitrogen and oxygen atoms in total. The molecule has 0 radical (unpaired) electrons. The average Bonchev–Trinajstić information content (AvgIpc) is 0.760. The van der Waals surface area contributed by atoms with Crippen LogP contribution in [0.15, 0.2) is 36.5 Å². The van der Waals surface area contributed by atoms with Crippen LogP contribution < -0.4 is 5.32 Å². The molecule has 0 spiro atoms. The molecule has 0 bridgehead atoms. The number of allylic oxidation sites excluding steroid dienone is 5. The third kappa shape index (κ3) is 49.0. The van der Waals surface area contributed by atoms with E-state index in [1.165, 1.54) is 327 Å². The van der Waals surface area contributed by atoms with E-state index in [4.69, 9.17) is 28.4 Å². The van der Waals surface area contributed by atoms with E-state index in [1.807, 2.05) is 6.08 Å². The number of aliphatic hydroxyl groups is 11. The molecule has 0 saturated carbocycles. The minimum atomic E-state index is -1.98. The van der Waals surface area contributed by atoms with Gasteiger partial charge in [-0.25, -0.2) is 0 Å². The first-order valence-corrected chi connectivity index (χ1v) is 45.7. The molecule has 3 aliphatic heterocycles. The number of amides is 1. The van der Waals surface area contributed by atoms with Crippen molar-refractivity contribution in [2.24, 2.45) is 0 Å². The number of carbonyl (C=O) groups is 1. The molecule has 109 heavy (non-hydrogen) atoms. The van der Waals surface area contributed by atoms with Crippen molar-refractivity contribution in [3.63, 3.8) is 0 Å². The van der Waals surface area contributed by atoms with E-state index in [1.54, 1.807) is 6.08 Å². The summed E-state index contributed by atoms with van der Waals surface area (Å²) in [6.45, 7) is 1.78. The monoisotopic (exact) mass is 1550 g/mol. The zero-order valence-electron chi connectivity index (χ0n) is 69.3. The molecule has 1 amide bonds. The Bertz CT molecular complexity index is 2100. The van der Waals surface area contributed by atoms with Gasteiger partial charge in [0.25, 0.3) is 0 Å². The van der Waals surface area contributed by atoms with Crippen LogP contribution in [0, 0.1) is 0 Å². The lowest BCUT2D eigenvalue weighted by Crippen LogP contribution is -2.66. The molecule has 12 N–H and O–H groups in total. The molecule has 3 aliphatic rings. The van der Waals surface area contributed by atoms with Crippen molar-refractivity contribution in [2.75, 3.05) is 26.4 Å². The highest BCUT2D eigenvalue weighted by Crippen LogP contribution is 2.34. The van der Waals surface area contributed by atoms with Crippen LogP contribution in [0.5, 0.6) is 0 Å². The molecule has 3 fully saturated rings. The second-order valence-corrected chi connectivity index (χ2v) is 32.8. The Morgan fingerprint density at radius 2 is 0.587 bits per heavy atom. The van der Waals surface area contributed by atoms with Gasteiger partial charge in [-0.15, -0.1) is 0 Å². The minimum absolute atomic E-state index is 0.240. The summed E-state index contributed by atoms with van der Waals surface area (Å²) in [7, 11) is 0. The van der Waals surface area contributed by atoms with Crippen molar-refractivity contribution in [1.29, 1.82) is 0 Å². The van der Waals surface area contributed by atoms with Crippen molar-refractivity contribution >= 4 is 5.91 Å². The van der Waals surface area contributed by atoms with Crippen molar-refractivity contribution in [1.82, 2.24) is 5.32 Å². The zero-order chi connectivity index (χ0) is 78.8. The zero-order valence-corrected chi connectivity index (χ0v) is 69.3. The summed E-state index contributed by atoms with van der Waals surface area (Å²) in [5.41, 5.74) is 0. The largest absolute Gasteiger partial charge is 0.394 e. The summed E-state index contributed by atoms with van der Waals surface area (Å²) in [5.74, 6) is -0.277. The third-order valence-corrected chi connectivity index (χ3v) is 22.9. The molecule has 0 aromatic heterocycles. The predicted octanol–water partition coefficient (Wildman–Crippen LogP) is 17.4. The molecule has 0 aliphatic carbocycles. The predicted molar refractivity (Wildman–Crippen MR) is 439 cm³/mol. The Morgan fingerprint density at radius 1 is 0.321 bits per heavy atom. The second-order valence-electron chi connectivity index (χ2n) is 32.8. The van der Waals surface area contributed by atoms with Gasteiger partial charge in [-0.1, -0.05) is 371 Å². The number of unbranched alkanes of at least 4 members (excludes halogenated alkanes) is 55. The van der Waals surface area contributed by atoms with Gasteiger partial charge in [-0.3, -0.25) is 4.79 Å². The van der Waals surface area contributed by atoms with Crippen LogP contribution in [0.4, 0.5) is 0 Å². The normalized spacial score (nSPS) is 25.4. The van der Waals surface area contributed by atoms with Crippen molar-refractivity contribution in [3.8, 4) is 0 Å². The smallest absolute Gasteiger partial charge is 0.220 e. The molecule has 3 saturated heterocycles. The van der Waals surface area contributed by atoms with Gasteiger partial charge in [0.05, 0.1) is 38.6 Å². The molecule has 0 aromatic rings. The Balaban J connectivity index is 1.29. The highest BCUT2D eigenvalue weighted by Gasteiger charge is 2.54. The summed E-state index contributed by atoms with van der Waals surface area (Å²) < 4.78 is 34.5. The van der Waals surface area contributed by atoms with Crippen LogP contribution in [0.2, 0.25) is 0 Å². The Morgan fingerprint density at radius 3 is 0.917 bits per heavy atom. The van der Waals surface area contributed by atoms with E-state index >= 15 is 0 Å². The van der Waals surface area contributed by atoms with Crippen molar-refractivity contribution in [3.05, 3.63) is 36.5 Å². The Labute approximate surface area is 663 Å². The summed E-state index contributed by atoms with van der Waals surface area (Å²) in [6, 6.07) is -0.990. The summed E-state index contributed by atoms with van der Waals surface area (Å²) in [6.07, 6.45) is 63.3. The molecule has 19 heteroatoms. The van der Waals surface area contributed by atoms with Gasteiger partial charge < -0.3 is 89.9 Å². The van der Waals surface area contributed by atoms with Crippen LogP contribution in [0.3, 0.4) is 0 Å². The van der Waals surface area contributed by atoms with Gasteiger partial charge in [0.1, 0.15) is 73.2 Å². The number of hydrogen-bond donors (Lipinski definition) is 12. The lowest BCUT2D eigenvalue weighted by molar-refractivity contribution is -0.379. The number of rotatable bonds is 75. The van der Waals surface area contributed by atoms with Crippen molar-refractivity contribution < 1.29 is 89.4 Å². The maximum atomic E-state index is 13.5. The number of nitrogens with one attached hydrogen (secondary N) is 1. The molecule has 17 unspecified atom stereocenters. The molecule has 0 aromatic carbocycles. The fourth-order valence-corrected chi connectivity index (χ4v) is 15.6. The molecule has 17 atom stereocenters. The van der Waals surface area contributed by atoms with E-state index < -0.39 is 124 Å². The van der Waals surface area contributed by atoms with E-state index in [0.717, 1.165) is 38.5 Å². The summed E-state index contributed by atoms with van der Waals surface area (Å²) in [4.78, 5) is 13.5. The summed E-state index contributed by atoms with van der Waals surface area (Å²) in [5, 5.41) is 121. The van der Waals surface area contributed by atoms with E-state index in [2.05, 4.69) is 43.5 Å². The first kappa shape index (κ1) is 101. The number of hydrogen-bond acceptors (Lipinski definition) is 18. The molecule has 642 valence electrons. The van der Waals surface area contributed by atoms with Crippen LogP contribution in [0.1, 0.15) is 399 Å². The fourth-order valence-electron chi connectivity index (χ4n) is 15.6. The number of aliphatic hydroxyl groups excluding tert-OH is 11. The minimum Gasteiger partial charge on any atom is -0.394 e. The maximum absolute atomic E-state index is 13.5. The average molecular weight is 1550 g/mol. The van der Waals surface area contributed by atoms with Crippen molar-refractivity contribution in [2.45, 2.75) is 503 Å². The highest BCUT2D eigenvalue weighted by atomic mass is 16.8. The fraction of sp³-hybridized carbons (Fsp3) is 0.922. The van der Waals surface area contributed by atoms with E-state index in [0.29, 0.717) is 12.8 Å². The lowest BCUT2D eigenvalue weighted by atomic mass is 9.96. The topological polar surface area (TPSA) is 307 Å². The first-order chi connectivity index (χ1) is 53.3. The van der Waals surface area contributed by atoms with Crippen LogP contribution in [0.25, 0.3) is 0 Å². The Hall–Kier alpha value is -1.99. The van der Waals surface area contributed by atoms with Gasteiger partial charge in [0, 0.05) is 6.42 Å². The maximum Gasteiger partial charge on any atom is 0.220 e. The van der Waals surface area contributed by atoms with Crippen LogP contribution in [-0.2, 0) is 33.2 Å². The van der Waals surface area contributed by atoms with E-state index in [-0.39, 0.29) is 18.9 Å². The SMILES string of the molecule is CCCCCCCCCC/C=C\CCCCCCCCCCCCCCCCCCCCCCCCCCCCCCCC(=O)NC(COC1OC(CO)C(OC2OC(CO)C(OC3OC(CO)C(O)C(O)C3O)C(O)C2O)C(O)C1O)C(O)/C=C/CC/C=C/CCCCCCCCCCCCCCCCCCC. The number of carbonyl (C=O) groups excluding carboxylic acids is 1. The van der Waals surface area contributed by atoms with Gasteiger partial charge >= 0.3 is 0 Å². The second kappa shape index (κ2) is 70.2. The third-order valence-electron chi connectivity index (χ3n) is 22.9. The lowest BCUT2D eigenvalue weighted by Gasteiger charge is -2.48. The van der Waals surface area contributed by atoms with Crippen LogP contribution in [-0.4, -0.2) is 193 Å². The summed E-state index contributed by atoms with van der Waals surface area (Å²) >= 11 is 0. The van der Waals surface area contributed by atoms with Gasteiger partial charge in [0.15, 0.2) is 18.9 Å². The van der Waals surface area contributed by atoms with E-state index in [9.17, 15) is 61.0 Å². The molecule has 3 rings (SSSR count). The van der Waals surface area contributed by atoms with Gasteiger partial charge in [-0.05, 0) is 57.8 Å². The first-order valence-electron chi connectivity index (χ1n) is 45.7. The van der Waals surface area contributed by atoms with Gasteiger partial charge in [0.2, 0.25) is 5.91 Å². The highest BCUT2D eigenvalue weighted by molar-refractivity contribution is 5.76. The molecule has 3 heterocycles. The standard InChI is InChI=1S/C90H169NO18/c1-3-5-7-9-11-13-15-17-19-21-23-25-27-28-29-30-31-32-33-34-35-36-37-38-39-40-41-42-43-44-46-48-50-52-54-56-58-60-62-64-66-68-78(96)91-73(74(95)67-65-63-61-59-57-55-53-51-49-47-45-26-24-22-20-18-16-14-12-10-8-6-4-2)72-104-88-84(102)81(99)86(76(70-93)106-88)109-90-85(103)82(100)87(77(71-94)107-90)108-89-83(101)80(98)79(97)75(69-92)105-89/h21,23,57,59,65,67,73-77,79-90,92-95,97-103H,3-20,22,24-56,58,60-64,66,68-72H2,1-2H3,(H,91,96)/b23-21-,59-57+,67-65+. The molecular weight excluding hydrogens is 1380 g/mol. The van der Waals surface area contributed by atoms with Gasteiger partial charge in [-0.2, -0.15) is 0 Å².